The van der Waals surface area contributed by atoms with E-state index in [9.17, 15) is 14.0 Å². The number of carbonyl (C=O) groups is 2. The number of benzene rings is 1. The van der Waals surface area contributed by atoms with E-state index in [1.54, 1.807) is 19.1 Å². The summed E-state index contributed by atoms with van der Waals surface area (Å²) in [4.78, 5) is 24.0. The van der Waals surface area contributed by atoms with Gasteiger partial charge in [-0.3, -0.25) is 9.59 Å². The Hall–Kier alpha value is -1.43. The van der Waals surface area contributed by atoms with E-state index >= 15 is 0 Å². The van der Waals surface area contributed by atoms with E-state index in [1.165, 1.54) is 11.0 Å². The molecule has 18 heavy (non-hydrogen) atoms. The van der Waals surface area contributed by atoms with Crippen LogP contribution in [0.25, 0.3) is 0 Å². The van der Waals surface area contributed by atoms with E-state index in [4.69, 9.17) is 5.73 Å². The lowest BCUT2D eigenvalue weighted by molar-refractivity contribution is -0.134. The predicted molar refractivity (Wildman–Crippen MR) is 69.3 cm³/mol. The molecule has 0 spiro atoms. The van der Waals surface area contributed by atoms with Crippen molar-refractivity contribution in [1.29, 1.82) is 0 Å². The SMILES string of the molecule is CCN(CC(N)=O)C(=O)Cc1cc(Br)ccc1F. The minimum Gasteiger partial charge on any atom is -0.368 e. The van der Waals surface area contributed by atoms with Crippen molar-refractivity contribution in [3.8, 4) is 0 Å². The van der Waals surface area contributed by atoms with Gasteiger partial charge in [0.05, 0.1) is 13.0 Å². The minimum absolute atomic E-state index is 0.0909. The van der Waals surface area contributed by atoms with Gasteiger partial charge in [-0.25, -0.2) is 4.39 Å². The summed E-state index contributed by atoms with van der Waals surface area (Å²) in [5.41, 5.74) is 5.33. The van der Waals surface area contributed by atoms with E-state index in [1.807, 2.05) is 0 Å². The molecule has 0 radical (unpaired) electrons. The fraction of sp³-hybridized carbons (Fsp3) is 0.333. The molecule has 2 amide bonds. The molecule has 1 aromatic rings. The van der Waals surface area contributed by atoms with Crippen LogP contribution in [0, 0.1) is 5.82 Å². The van der Waals surface area contributed by atoms with E-state index < -0.39 is 11.7 Å². The number of nitrogens with two attached hydrogens (primary N) is 1. The first-order chi connectivity index (χ1) is 8.43. The Morgan fingerprint density at radius 2 is 2.11 bits per heavy atom. The zero-order valence-corrected chi connectivity index (χ0v) is 11.5. The molecule has 0 saturated heterocycles. The fourth-order valence-corrected chi connectivity index (χ4v) is 1.93. The van der Waals surface area contributed by atoms with Gasteiger partial charge in [-0.2, -0.15) is 0 Å². The summed E-state index contributed by atoms with van der Waals surface area (Å²) in [5.74, 6) is -1.35. The van der Waals surface area contributed by atoms with E-state index in [0.717, 1.165) is 0 Å². The molecule has 1 aromatic carbocycles. The normalized spacial score (nSPS) is 10.2. The largest absolute Gasteiger partial charge is 0.368 e. The Morgan fingerprint density at radius 3 is 2.67 bits per heavy atom. The number of nitrogens with zero attached hydrogens (tertiary/aromatic N) is 1. The average Bonchev–Trinajstić information content (AvgIpc) is 2.30. The van der Waals surface area contributed by atoms with Crippen molar-refractivity contribution >= 4 is 27.7 Å². The highest BCUT2D eigenvalue weighted by molar-refractivity contribution is 9.10. The molecule has 0 aromatic heterocycles. The monoisotopic (exact) mass is 316 g/mol. The topological polar surface area (TPSA) is 63.4 Å². The predicted octanol–water partition coefficient (Wildman–Crippen LogP) is 1.46. The van der Waals surface area contributed by atoms with Crippen LogP contribution in [0.3, 0.4) is 0 Å². The number of hydrogen-bond acceptors (Lipinski definition) is 2. The molecule has 0 aliphatic heterocycles. The number of carbonyl (C=O) groups excluding carboxylic acids is 2. The van der Waals surface area contributed by atoms with Crippen molar-refractivity contribution in [3.05, 3.63) is 34.1 Å². The molecule has 0 aliphatic carbocycles. The van der Waals surface area contributed by atoms with E-state index in [0.29, 0.717) is 11.0 Å². The summed E-state index contributed by atoms with van der Waals surface area (Å²) in [6.45, 7) is 1.94. The maximum atomic E-state index is 13.5. The maximum Gasteiger partial charge on any atom is 0.237 e. The lowest BCUT2D eigenvalue weighted by Crippen LogP contribution is -2.39. The molecule has 4 nitrogen and oxygen atoms in total. The Labute approximate surface area is 113 Å². The van der Waals surface area contributed by atoms with Gasteiger partial charge in [0.1, 0.15) is 5.82 Å². The number of halogens is 2. The van der Waals surface area contributed by atoms with Gasteiger partial charge in [0.2, 0.25) is 11.8 Å². The van der Waals surface area contributed by atoms with Crippen LogP contribution in [0.2, 0.25) is 0 Å². The Morgan fingerprint density at radius 1 is 1.44 bits per heavy atom. The molecule has 0 aliphatic rings. The molecule has 0 unspecified atom stereocenters. The van der Waals surface area contributed by atoms with Crippen LogP contribution in [0.1, 0.15) is 12.5 Å². The summed E-state index contributed by atoms with van der Waals surface area (Å²) in [6.07, 6.45) is -0.0909. The standard InChI is InChI=1S/C12H14BrFN2O2/c1-2-16(7-11(15)17)12(18)6-8-5-9(13)3-4-10(8)14/h3-5H,2,6-7H2,1H3,(H2,15,17). The van der Waals surface area contributed by atoms with Crippen molar-refractivity contribution in [1.82, 2.24) is 4.90 Å². The van der Waals surface area contributed by atoms with Gasteiger partial charge in [0.15, 0.2) is 0 Å². The van der Waals surface area contributed by atoms with Gasteiger partial charge in [-0.05, 0) is 30.7 Å². The second-order valence-electron chi connectivity index (χ2n) is 3.79. The summed E-state index contributed by atoms with van der Waals surface area (Å²) >= 11 is 3.21. The number of likely N-dealkylation sites (N-methyl/N-ethyl adjacent to an activating group) is 1. The molecule has 1 rings (SSSR count). The highest BCUT2D eigenvalue weighted by atomic mass is 79.9. The molecular weight excluding hydrogens is 303 g/mol. The third-order valence-corrected chi connectivity index (χ3v) is 2.92. The maximum absolute atomic E-state index is 13.5. The molecule has 0 fully saturated rings. The molecule has 0 heterocycles. The Bertz CT molecular complexity index is 465. The molecule has 6 heteroatoms. The zero-order chi connectivity index (χ0) is 13.7. The highest BCUT2D eigenvalue weighted by Crippen LogP contribution is 2.16. The van der Waals surface area contributed by atoms with Crippen LogP contribution in [-0.4, -0.2) is 29.8 Å². The molecule has 2 N–H and O–H groups in total. The van der Waals surface area contributed by atoms with Gasteiger partial charge in [-0.15, -0.1) is 0 Å². The first kappa shape index (κ1) is 14.6. The van der Waals surface area contributed by atoms with Crippen LogP contribution in [-0.2, 0) is 16.0 Å². The molecule has 98 valence electrons. The Balaban J connectivity index is 2.79. The lowest BCUT2D eigenvalue weighted by Gasteiger charge is -2.19. The van der Waals surface area contributed by atoms with E-state index in [-0.39, 0.29) is 24.4 Å². The first-order valence-electron chi connectivity index (χ1n) is 5.44. The summed E-state index contributed by atoms with van der Waals surface area (Å²) in [6, 6.07) is 4.40. The van der Waals surface area contributed by atoms with Crippen molar-refractivity contribution < 1.29 is 14.0 Å². The first-order valence-corrected chi connectivity index (χ1v) is 6.23. The molecule has 0 atom stereocenters. The minimum atomic E-state index is -0.583. The number of primary amides is 1. The fourth-order valence-electron chi connectivity index (χ4n) is 1.52. The second kappa shape index (κ2) is 6.49. The van der Waals surface area contributed by atoms with Crippen LogP contribution in [0.4, 0.5) is 4.39 Å². The average molecular weight is 317 g/mol. The van der Waals surface area contributed by atoms with Gasteiger partial charge in [0.25, 0.3) is 0 Å². The van der Waals surface area contributed by atoms with Crippen molar-refractivity contribution in [3.63, 3.8) is 0 Å². The smallest absolute Gasteiger partial charge is 0.237 e. The van der Waals surface area contributed by atoms with Crippen molar-refractivity contribution in [2.24, 2.45) is 5.73 Å². The third-order valence-electron chi connectivity index (χ3n) is 2.43. The third kappa shape index (κ3) is 4.10. The molecular formula is C12H14BrFN2O2. The second-order valence-corrected chi connectivity index (χ2v) is 4.70. The summed E-state index contributed by atoms with van der Waals surface area (Å²) < 4.78 is 14.2. The van der Waals surface area contributed by atoms with Crippen LogP contribution in [0.5, 0.6) is 0 Å². The summed E-state index contributed by atoms with van der Waals surface area (Å²) in [7, 11) is 0. The van der Waals surface area contributed by atoms with Crippen molar-refractivity contribution in [2.75, 3.05) is 13.1 Å². The van der Waals surface area contributed by atoms with Gasteiger partial charge < -0.3 is 10.6 Å². The van der Waals surface area contributed by atoms with E-state index in [2.05, 4.69) is 15.9 Å². The number of hydrogen-bond donors (Lipinski definition) is 1. The lowest BCUT2D eigenvalue weighted by atomic mass is 10.1. The van der Waals surface area contributed by atoms with Gasteiger partial charge in [0, 0.05) is 11.0 Å². The van der Waals surface area contributed by atoms with Gasteiger partial charge >= 0.3 is 0 Å². The Kier molecular flexibility index (Phi) is 5.27. The van der Waals surface area contributed by atoms with Crippen LogP contribution in [0.15, 0.2) is 22.7 Å². The number of amides is 2. The quantitative estimate of drug-likeness (QED) is 0.894. The number of rotatable bonds is 5. The zero-order valence-electron chi connectivity index (χ0n) is 9.95. The summed E-state index contributed by atoms with van der Waals surface area (Å²) in [5, 5.41) is 0. The molecule has 0 saturated carbocycles. The van der Waals surface area contributed by atoms with Gasteiger partial charge in [-0.1, -0.05) is 15.9 Å². The van der Waals surface area contributed by atoms with Crippen molar-refractivity contribution in [2.45, 2.75) is 13.3 Å². The highest BCUT2D eigenvalue weighted by Gasteiger charge is 2.16. The van der Waals surface area contributed by atoms with Crippen LogP contribution >= 0.6 is 15.9 Å². The van der Waals surface area contributed by atoms with Crippen LogP contribution < -0.4 is 5.73 Å². The molecule has 0 bridgehead atoms.